The number of para-hydroxylation sites is 1. The molecule has 18 heavy (non-hydrogen) atoms. The van der Waals surface area contributed by atoms with Crippen molar-refractivity contribution in [2.75, 3.05) is 0 Å². The maximum Gasteiger partial charge on any atom is 0.286 e. The Morgan fingerprint density at radius 1 is 1.33 bits per heavy atom. The molecule has 98 valence electrons. The topological polar surface area (TPSA) is 46.1 Å². The van der Waals surface area contributed by atoms with Gasteiger partial charge >= 0.3 is 0 Å². The van der Waals surface area contributed by atoms with E-state index < -0.39 is 0 Å². The van der Waals surface area contributed by atoms with Gasteiger partial charge in [0.05, 0.1) is 5.41 Å². The zero-order valence-electron chi connectivity index (χ0n) is 11.2. The van der Waals surface area contributed by atoms with Crippen molar-refractivity contribution in [1.82, 2.24) is 0 Å². The zero-order valence-corrected chi connectivity index (χ0v) is 12.8. The van der Waals surface area contributed by atoms with Gasteiger partial charge in [0.15, 0.2) is 5.71 Å². The SMILES string of the molecule is CC1=[N+](C(C)C(N)=O)c2ccccc2C1(C)C.[Br-]. The molecule has 0 saturated heterocycles. The summed E-state index contributed by atoms with van der Waals surface area (Å²) < 4.78 is 2.05. The second-order valence-electron chi connectivity index (χ2n) is 5.18. The van der Waals surface area contributed by atoms with Crippen molar-refractivity contribution < 1.29 is 26.4 Å². The molecule has 4 heteroatoms. The van der Waals surface area contributed by atoms with Gasteiger partial charge in [-0.1, -0.05) is 18.2 Å². The van der Waals surface area contributed by atoms with Gasteiger partial charge in [-0.15, -0.1) is 0 Å². The molecule has 3 nitrogen and oxygen atoms in total. The Morgan fingerprint density at radius 2 is 1.89 bits per heavy atom. The summed E-state index contributed by atoms with van der Waals surface area (Å²) >= 11 is 0. The van der Waals surface area contributed by atoms with Gasteiger partial charge in [-0.25, -0.2) is 0 Å². The lowest BCUT2D eigenvalue weighted by molar-refractivity contribution is -0.463. The van der Waals surface area contributed by atoms with E-state index in [1.54, 1.807) is 0 Å². The second kappa shape index (κ2) is 4.84. The molecule has 2 N–H and O–H groups in total. The van der Waals surface area contributed by atoms with E-state index in [1.165, 1.54) is 11.3 Å². The number of primary amides is 1. The van der Waals surface area contributed by atoms with Gasteiger partial charge in [0.1, 0.15) is 0 Å². The van der Waals surface area contributed by atoms with Crippen LogP contribution in [0.4, 0.5) is 5.69 Å². The molecule has 1 aromatic rings. The van der Waals surface area contributed by atoms with Crippen LogP contribution in [0.25, 0.3) is 0 Å². The molecular weight excluding hydrogens is 292 g/mol. The van der Waals surface area contributed by atoms with E-state index >= 15 is 0 Å². The third-order valence-electron chi connectivity index (χ3n) is 3.90. The lowest BCUT2D eigenvalue weighted by Gasteiger charge is -2.14. The highest BCUT2D eigenvalue weighted by Crippen LogP contribution is 2.39. The highest BCUT2D eigenvalue weighted by molar-refractivity contribution is 5.94. The predicted molar refractivity (Wildman–Crippen MR) is 68.7 cm³/mol. The van der Waals surface area contributed by atoms with Crippen LogP contribution in [0.3, 0.4) is 0 Å². The van der Waals surface area contributed by atoms with Crippen molar-refractivity contribution >= 4 is 17.3 Å². The number of nitrogens with zero attached hydrogens (tertiary/aromatic N) is 1. The highest BCUT2D eigenvalue weighted by Gasteiger charge is 2.45. The van der Waals surface area contributed by atoms with E-state index in [0.717, 1.165) is 5.69 Å². The van der Waals surface area contributed by atoms with Crippen molar-refractivity contribution in [3.63, 3.8) is 0 Å². The Labute approximate surface area is 118 Å². The molecule has 1 atom stereocenters. The molecule has 0 fully saturated rings. The van der Waals surface area contributed by atoms with Crippen LogP contribution >= 0.6 is 0 Å². The summed E-state index contributed by atoms with van der Waals surface area (Å²) in [5, 5.41) is 0. The standard InChI is InChI=1S/C14H18N2O.BrH/c1-9(13(15)17)16-10(2)14(3,4)11-7-5-6-8-12(11)16;/h5-9H,1-4H3,(H-,15,17);1H. The van der Waals surface area contributed by atoms with Crippen molar-refractivity contribution in [3.8, 4) is 0 Å². The molecule has 0 spiro atoms. The number of hydrogen-bond acceptors (Lipinski definition) is 1. The van der Waals surface area contributed by atoms with Gasteiger partial charge in [-0.05, 0) is 13.8 Å². The van der Waals surface area contributed by atoms with Gasteiger partial charge in [-0.2, -0.15) is 4.58 Å². The maximum absolute atomic E-state index is 11.4. The van der Waals surface area contributed by atoms with E-state index in [4.69, 9.17) is 5.73 Å². The Morgan fingerprint density at radius 3 is 2.44 bits per heavy atom. The summed E-state index contributed by atoms with van der Waals surface area (Å²) in [6.07, 6.45) is 0. The van der Waals surface area contributed by atoms with Crippen molar-refractivity contribution in [2.45, 2.75) is 39.2 Å². The third-order valence-corrected chi connectivity index (χ3v) is 3.90. The fraction of sp³-hybridized carbons (Fsp3) is 0.429. The van der Waals surface area contributed by atoms with Crippen molar-refractivity contribution in [2.24, 2.45) is 5.73 Å². The lowest BCUT2D eigenvalue weighted by atomic mass is 9.82. The average molecular weight is 311 g/mol. The molecule has 1 aliphatic heterocycles. The number of hydrogen-bond donors (Lipinski definition) is 1. The van der Waals surface area contributed by atoms with Crippen LogP contribution in [0.15, 0.2) is 24.3 Å². The van der Waals surface area contributed by atoms with Gasteiger partial charge in [-0.3, -0.25) is 4.79 Å². The highest BCUT2D eigenvalue weighted by atomic mass is 79.9. The molecule has 2 rings (SSSR count). The summed E-state index contributed by atoms with van der Waals surface area (Å²) in [6.45, 7) is 8.27. The van der Waals surface area contributed by atoms with Crippen LogP contribution < -0.4 is 22.7 Å². The van der Waals surface area contributed by atoms with Crippen LogP contribution in [0.1, 0.15) is 33.3 Å². The number of amides is 1. The van der Waals surface area contributed by atoms with E-state index in [0.29, 0.717) is 0 Å². The molecule has 0 bridgehead atoms. The number of benzene rings is 1. The quantitative estimate of drug-likeness (QED) is 0.697. The number of nitrogens with two attached hydrogens (primary N) is 1. The fourth-order valence-corrected chi connectivity index (χ4v) is 2.52. The number of carbonyl (C=O) groups is 1. The number of carbonyl (C=O) groups excluding carboxylic acids is 1. The average Bonchev–Trinajstić information content (AvgIpc) is 2.48. The first-order chi connectivity index (χ1) is 7.87. The molecule has 0 aliphatic carbocycles. The van der Waals surface area contributed by atoms with Crippen molar-refractivity contribution in [1.29, 1.82) is 0 Å². The Kier molecular flexibility index (Phi) is 4.01. The Balaban J connectivity index is 0.00000162. The van der Waals surface area contributed by atoms with E-state index in [2.05, 4.69) is 31.4 Å². The van der Waals surface area contributed by atoms with Crippen LogP contribution in [-0.2, 0) is 10.2 Å². The normalized spacial score (nSPS) is 18.0. The summed E-state index contributed by atoms with van der Waals surface area (Å²) in [4.78, 5) is 11.4. The molecule has 0 radical (unpaired) electrons. The monoisotopic (exact) mass is 310 g/mol. The number of fused-ring (bicyclic) bond motifs is 1. The largest absolute Gasteiger partial charge is 1.00 e. The number of rotatable bonds is 2. The minimum atomic E-state index is -0.307. The molecule has 1 heterocycles. The molecule has 1 amide bonds. The summed E-state index contributed by atoms with van der Waals surface area (Å²) in [7, 11) is 0. The van der Waals surface area contributed by atoms with Crippen LogP contribution in [-0.4, -0.2) is 22.2 Å². The van der Waals surface area contributed by atoms with Gasteiger partial charge < -0.3 is 22.7 Å². The fourth-order valence-electron chi connectivity index (χ4n) is 2.52. The van der Waals surface area contributed by atoms with Gasteiger partial charge in [0, 0.05) is 25.5 Å². The summed E-state index contributed by atoms with van der Waals surface area (Å²) in [6, 6.07) is 7.89. The summed E-state index contributed by atoms with van der Waals surface area (Å²) in [5.41, 5.74) is 8.91. The van der Waals surface area contributed by atoms with Gasteiger partial charge in [0.2, 0.25) is 11.7 Å². The maximum atomic E-state index is 11.4. The Bertz CT molecular complexity index is 520. The molecular formula is C14H19BrN2O. The molecule has 1 aliphatic rings. The minimum Gasteiger partial charge on any atom is -1.00 e. The minimum absolute atomic E-state index is 0. The van der Waals surface area contributed by atoms with E-state index in [9.17, 15) is 4.79 Å². The number of halogens is 1. The first-order valence-corrected chi connectivity index (χ1v) is 5.89. The first kappa shape index (κ1) is 14.9. The lowest BCUT2D eigenvalue weighted by Crippen LogP contribution is -3.00. The first-order valence-electron chi connectivity index (χ1n) is 5.89. The molecule has 1 aromatic carbocycles. The zero-order chi connectivity index (χ0) is 12.8. The van der Waals surface area contributed by atoms with E-state index in [1.807, 2.05) is 25.1 Å². The molecule has 0 saturated carbocycles. The van der Waals surface area contributed by atoms with Crippen molar-refractivity contribution in [3.05, 3.63) is 29.8 Å². The molecule has 1 unspecified atom stereocenters. The Hall–Kier alpha value is -1.16. The predicted octanol–water partition coefficient (Wildman–Crippen LogP) is -1.04. The summed E-state index contributed by atoms with van der Waals surface area (Å²) in [5.74, 6) is -0.295. The van der Waals surface area contributed by atoms with Crippen LogP contribution in [0.2, 0.25) is 0 Å². The second-order valence-corrected chi connectivity index (χ2v) is 5.18. The van der Waals surface area contributed by atoms with Gasteiger partial charge in [0.25, 0.3) is 5.91 Å². The third kappa shape index (κ3) is 1.99. The molecule has 0 aromatic heterocycles. The van der Waals surface area contributed by atoms with E-state index in [-0.39, 0.29) is 34.3 Å². The van der Waals surface area contributed by atoms with Crippen LogP contribution in [0.5, 0.6) is 0 Å². The van der Waals surface area contributed by atoms with Crippen LogP contribution in [0, 0.1) is 0 Å². The smallest absolute Gasteiger partial charge is 0.286 e.